The topological polar surface area (TPSA) is 69.6 Å². The van der Waals surface area contributed by atoms with Crippen LogP contribution in [0.2, 0.25) is 10.0 Å². The fourth-order valence-corrected chi connectivity index (χ4v) is 2.26. The van der Waals surface area contributed by atoms with E-state index in [0.29, 0.717) is 15.7 Å². The maximum Gasteiger partial charge on any atom is 0.329 e. The first-order valence-corrected chi connectivity index (χ1v) is 7.14. The standard InChI is InChI=1S/C14H18Cl2N2O3/c1-5-18(14(3,4)12(19)20)13(21)17-11-7-9(15)8(2)6-10(11)16/h6-7H,5H2,1-4H3,(H,17,21)(H,19,20). The number of urea groups is 1. The number of benzene rings is 1. The third-order valence-electron chi connectivity index (χ3n) is 3.25. The Morgan fingerprint density at radius 3 is 2.33 bits per heavy atom. The Morgan fingerprint density at radius 2 is 1.86 bits per heavy atom. The second-order valence-electron chi connectivity index (χ2n) is 5.12. The summed E-state index contributed by atoms with van der Waals surface area (Å²) in [5.74, 6) is -1.09. The first-order valence-electron chi connectivity index (χ1n) is 6.39. The molecule has 0 fully saturated rings. The van der Waals surface area contributed by atoms with Crippen molar-refractivity contribution in [3.05, 3.63) is 27.7 Å². The third-order valence-corrected chi connectivity index (χ3v) is 3.97. The molecule has 0 spiro atoms. The number of aliphatic carboxylic acids is 1. The van der Waals surface area contributed by atoms with Gasteiger partial charge in [-0.3, -0.25) is 0 Å². The number of likely N-dealkylation sites (N-methyl/N-ethyl adjacent to an activating group) is 1. The minimum absolute atomic E-state index is 0.238. The van der Waals surface area contributed by atoms with E-state index in [1.165, 1.54) is 18.7 Å². The molecule has 0 bridgehead atoms. The molecule has 1 rings (SSSR count). The number of nitrogens with zero attached hydrogens (tertiary/aromatic N) is 1. The van der Waals surface area contributed by atoms with Crippen molar-refractivity contribution < 1.29 is 14.7 Å². The largest absolute Gasteiger partial charge is 0.480 e. The van der Waals surface area contributed by atoms with E-state index in [-0.39, 0.29) is 6.54 Å². The van der Waals surface area contributed by atoms with Crippen LogP contribution in [0.4, 0.5) is 10.5 Å². The van der Waals surface area contributed by atoms with Crippen molar-refractivity contribution in [1.82, 2.24) is 4.90 Å². The molecule has 0 saturated carbocycles. The van der Waals surface area contributed by atoms with Gasteiger partial charge in [0.1, 0.15) is 5.54 Å². The van der Waals surface area contributed by atoms with Crippen LogP contribution >= 0.6 is 23.2 Å². The van der Waals surface area contributed by atoms with Crippen molar-refractivity contribution in [2.75, 3.05) is 11.9 Å². The lowest BCUT2D eigenvalue weighted by Gasteiger charge is -2.34. The number of halogens is 2. The predicted molar refractivity (Wildman–Crippen MR) is 84.3 cm³/mol. The summed E-state index contributed by atoms with van der Waals surface area (Å²) in [6.07, 6.45) is 0. The van der Waals surface area contributed by atoms with Crippen LogP contribution in [0.15, 0.2) is 12.1 Å². The van der Waals surface area contributed by atoms with Gasteiger partial charge in [-0.1, -0.05) is 23.2 Å². The molecule has 0 atom stereocenters. The summed E-state index contributed by atoms with van der Waals surface area (Å²) in [5, 5.41) is 12.6. The van der Waals surface area contributed by atoms with E-state index in [9.17, 15) is 14.7 Å². The Hall–Kier alpha value is -1.46. The molecule has 2 N–H and O–H groups in total. The first kappa shape index (κ1) is 17.6. The highest BCUT2D eigenvalue weighted by Gasteiger charge is 2.37. The van der Waals surface area contributed by atoms with Gasteiger partial charge < -0.3 is 15.3 Å². The van der Waals surface area contributed by atoms with Gasteiger partial charge in [0.05, 0.1) is 10.7 Å². The molecular formula is C14H18Cl2N2O3. The van der Waals surface area contributed by atoms with Gasteiger partial charge in [0.2, 0.25) is 0 Å². The van der Waals surface area contributed by atoms with Gasteiger partial charge >= 0.3 is 12.0 Å². The number of carboxylic acids is 1. The maximum atomic E-state index is 12.3. The molecule has 0 unspecified atom stereocenters. The SMILES string of the molecule is CCN(C(=O)Nc1cc(Cl)c(C)cc1Cl)C(C)(C)C(=O)O. The fourth-order valence-electron chi connectivity index (χ4n) is 1.83. The van der Waals surface area contributed by atoms with Crippen molar-refractivity contribution in [2.24, 2.45) is 0 Å². The second-order valence-corrected chi connectivity index (χ2v) is 5.93. The Bertz CT molecular complexity index is 574. The number of aryl methyl sites for hydroxylation is 1. The molecule has 1 aromatic rings. The van der Waals surface area contributed by atoms with Crippen LogP contribution in [0.3, 0.4) is 0 Å². The minimum atomic E-state index is -1.33. The lowest BCUT2D eigenvalue weighted by atomic mass is 10.0. The lowest BCUT2D eigenvalue weighted by Crippen LogP contribution is -2.54. The quantitative estimate of drug-likeness (QED) is 0.874. The number of carboxylic acid groups (broad SMARTS) is 1. The summed E-state index contributed by atoms with van der Waals surface area (Å²) in [4.78, 5) is 24.8. The van der Waals surface area contributed by atoms with Crippen LogP contribution in [0, 0.1) is 6.92 Å². The molecule has 116 valence electrons. The molecule has 0 saturated heterocycles. The molecule has 0 heterocycles. The molecule has 0 aliphatic heterocycles. The number of anilines is 1. The number of carbonyl (C=O) groups is 2. The fraction of sp³-hybridized carbons (Fsp3) is 0.429. The van der Waals surface area contributed by atoms with Gasteiger partial charge in [-0.05, 0) is 45.4 Å². The van der Waals surface area contributed by atoms with Crippen LogP contribution in [-0.4, -0.2) is 34.1 Å². The van der Waals surface area contributed by atoms with Crippen LogP contribution in [-0.2, 0) is 4.79 Å². The second kappa shape index (κ2) is 6.54. The first-order chi connectivity index (χ1) is 9.61. The number of carbonyl (C=O) groups excluding carboxylic acids is 1. The van der Waals surface area contributed by atoms with Crippen LogP contribution in [0.1, 0.15) is 26.3 Å². The van der Waals surface area contributed by atoms with E-state index < -0.39 is 17.5 Å². The van der Waals surface area contributed by atoms with Gasteiger partial charge in [0.15, 0.2) is 0 Å². The summed E-state index contributed by atoms with van der Waals surface area (Å²) in [6.45, 7) is 6.66. The molecule has 0 radical (unpaired) electrons. The van der Waals surface area contributed by atoms with E-state index >= 15 is 0 Å². The highest BCUT2D eigenvalue weighted by molar-refractivity contribution is 6.36. The van der Waals surface area contributed by atoms with Crippen LogP contribution in [0.5, 0.6) is 0 Å². The molecule has 0 aliphatic rings. The summed E-state index contributed by atoms with van der Waals surface area (Å²) in [7, 11) is 0. The molecule has 7 heteroatoms. The summed E-state index contributed by atoms with van der Waals surface area (Å²) < 4.78 is 0. The number of amides is 2. The van der Waals surface area contributed by atoms with Gasteiger partial charge in [-0.2, -0.15) is 0 Å². The van der Waals surface area contributed by atoms with Gasteiger partial charge in [0, 0.05) is 11.6 Å². The van der Waals surface area contributed by atoms with E-state index in [2.05, 4.69) is 5.32 Å². The van der Waals surface area contributed by atoms with E-state index in [1.54, 1.807) is 26.0 Å². The zero-order valence-electron chi connectivity index (χ0n) is 12.3. The van der Waals surface area contributed by atoms with Crippen molar-refractivity contribution in [2.45, 2.75) is 33.2 Å². The zero-order valence-corrected chi connectivity index (χ0v) is 13.8. The monoisotopic (exact) mass is 332 g/mol. The molecule has 21 heavy (non-hydrogen) atoms. The highest BCUT2D eigenvalue weighted by Crippen LogP contribution is 2.29. The Balaban J connectivity index is 3.04. The van der Waals surface area contributed by atoms with E-state index in [4.69, 9.17) is 23.2 Å². The van der Waals surface area contributed by atoms with Gasteiger partial charge in [-0.25, -0.2) is 9.59 Å². The molecular weight excluding hydrogens is 315 g/mol. The minimum Gasteiger partial charge on any atom is -0.480 e. The predicted octanol–water partition coefficient (Wildman–Crippen LogP) is 4.02. The smallest absolute Gasteiger partial charge is 0.329 e. The lowest BCUT2D eigenvalue weighted by molar-refractivity contribution is -0.147. The summed E-state index contributed by atoms with van der Waals surface area (Å²) >= 11 is 12.1. The Labute approximate surface area is 133 Å². The van der Waals surface area contributed by atoms with Crippen LogP contribution in [0.25, 0.3) is 0 Å². The van der Waals surface area contributed by atoms with E-state index in [0.717, 1.165) is 5.56 Å². The van der Waals surface area contributed by atoms with Gasteiger partial charge in [-0.15, -0.1) is 0 Å². The van der Waals surface area contributed by atoms with Crippen molar-refractivity contribution >= 4 is 40.9 Å². The van der Waals surface area contributed by atoms with Crippen molar-refractivity contribution in [3.8, 4) is 0 Å². The molecule has 2 amide bonds. The summed E-state index contributed by atoms with van der Waals surface area (Å²) in [6, 6.07) is 2.63. The van der Waals surface area contributed by atoms with E-state index in [1.807, 2.05) is 0 Å². The number of hydrogen-bond donors (Lipinski definition) is 2. The average Bonchev–Trinajstić information content (AvgIpc) is 2.36. The number of rotatable bonds is 4. The average molecular weight is 333 g/mol. The maximum absolute atomic E-state index is 12.3. The Kier molecular flexibility index (Phi) is 5.48. The molecule has 0 aliphatic carbocycles. The van der Waals surface area contributed by atoms with Crippen molar-refractivity contribution in [1.29, 1.82) is 0 Å². The number of hydrogen-bond acceptors (Lipinski definition) is 2. The molecule has 0 aromatic heterocycles. The van der Waals surface area contributed by atoms with Crippen molar-refractivity contribution in [3.63, 3.8) is 0 Å². The third kappa shape index (κ3) is 3.80. The normalized spacial score (nSPS) is 11.1. The molecule has 1 aromatic carbocycles. The summed E-state index contributed by atoms with van der Waals surface area (Å²) in [5.41, 5.74) is -0.199. The van der Waals surface area contributed by atoms with Gasteiger partial charge in [0.25, 0.3) is 0 Å². The number of nitrogens with one attached hydrogen (secondary N) is 1. The van der Waals surface area contributed by atoms with Crippen LogP contribution < -0.4 is 5.32 Å². The highest BCUT2D eigenvalue weighted by atomic mass is 35.5. The Morgan fingerprint density at radius 1 is 1.29 bits per heavy atom. The molecule has 5 nitrogen and oxygen atoms in total. The zero-order chi connectivity index (χ0) is 16.4.